The molecule has 4 aromatic rings. The molecule has 10 heteroatoms. The number of rotatable bonds is 5. The summed E-state index contributed by atoms with van der Waals surface area (Å²) in [5.41, 5.74) is 3.81. The molecule has 4 aromatic heterocycles. The Morgan fingerprint density at radius 1 is 1.09 bits per heavy atom. The fourth-order valence-corrected chi connectivity index (χ4v) is 4.64. The summed E-state index contributed by atoms with van der Waals surface area (Å²) >= 11 is 0. The lowest BCUT2D eigenvalue weighted by Gasteiger charge is -2.40. The molecule has 0 radical (unpaired) electrons. The van der Waals surface area contributed by atoms with Gasteiger partial charge in [0.2, 0.25) is 5.95 Å². The molecule has 3 atom stereocenters. The lowest BCUT2D eigenvalue weighted by atomic mass is 9.94. The molecule has 6 rings (SSSR count). The number of nitrogens with zero attached hydrogens (tertiary/aromatic N) is 5. The maximum absolute atomic E-state index is 13.1. The highest BCUT2D eigenvalue weighted by Gasteiger charge is 2.33. The molecule has 1 unspecified atom stereocenters. The number of morpholine rings is 1. The van der Waals surface area contributed by atoms with Crippen LogP contribution in [0.3, 0.4) is 0 Å². The van der Waals surface area contributed by atoms with Crippen LogP contribution in [-0.2, 0) is 4.74 Å². The van der Waals surface area contributed by atoms with E-state index in [-0.39, 0.29) is 12.1 Å². The molecule has 2 aliphatic heterocycles. The summed E-state index contributed by atoms with van der Waals surface area (Å²) < 4.78 is 27.0. The molecule has 34 heavy (non-hydrogen) atoms. The molecule has 2 saturated heterocycles. The van der Waals surface area contributed by atoms with E-state index in [2.05, 4.69) is 36.8 Å². The predicted molar refractivity (Wildman–Crippen MR) is 124 cm³/mol. The van der Waals surface area contributed by atoms with E-state index in [1.165, 1.54) is 0 Å². The number of hydrogen-bond acceptors (Lipinski definition) is 8. The second-order valence-corrected chi connectivity index (χ2v) is 8.80. The third-order valence-corrected chi connectivity index (χ3v) is 6.14. The van der Waals surface area contributed by atoms with Crippen LogP contribution >= 0.6 is 0 Å². The predicted octanol–water partition coefficient (Wildman–Crippen LogP) is 3.28. The van der Waals surface area contributed by atoms with Crippen LogP contribution in [0, 0.1) is 12.7 Å². The Morgan fingerprint density at radius 2 is 1.88 bits per heavy atom. The van der Waals surface area contributed by atoms with Gasteiger partial charge < -0.3 is 20.1 Å². The van der Waals surface area contributed by atoms with Crippen LogP contribution in [0.5, 0.6) is 5.75 Å². The SMILES string of the molecule is Cc1cc(-c2ccn3nc(Nc4ncc(F)cn4)cc3c2)c(OC2C[C@H]3COC[C@@H](C2)N3)cn1. The number of pyridine rings is 2. The highest BCUT2D eigenvalue weighted by Crippen LogP contribution is 2.34. The molecular weight excluding hydrogens is 437 g/mol. The van der Waals surface area contributed by atoms with Crippen LogP contribution in [0.1, 0.15) is 18.5 Å². The lowest BCUT2D eigenvalue weighted by Crippen LogP contribution is -2.56. The Bertz CT molecular complexity index is 1310. The highest BCUT2D eigenvalue weighted by molar-refractivity contribution is 5.75. The molecule has 174 valence electrons. The van der Waals surface area contributed by atoms with Crippen LogP contribution in [0.25, 0.3) is 16.6 Å². The monoisotopic (exact) mass is 461 g/mol. The molecule has 0 aromatic carbocycles. The van der Waals surface area contributed by atoms with E-state index in [1.54, 1.807) is 4.52 Å². The Balaban J connectivity index is 1.27. The number of ether oxygens (including phenoxy) is 2. The minimum Gasteiger partial charge on any atom is -0.488 e. The highest BCUT2D eigenvalue weighted by atomic mass is 19.1. The molecule has 0 spiro atoms. The van der Waals surface area contributed by atoms with Gasteiger partial charge in [-0.15, -0.1) is 0 Å². The van der Waals surface area contributed by atoms with Crippen LogP contribution in [0.2, 0.25) is 0 Å². The van der Waals surface area contributed by atoms with Gasteiger partial charge in [-0.2, -0.15) is 5.10 Å². The summed E-state index contributed by atoms with van der Waals surface area (Å²) in [4.78, 5) is 12.3. The first-order valence-corrected chi connectivity index (χ1v) is 11.3. The van der Waals surface area contributed by atoms with E-state index >= 15 is 0 Å². The molecule has 2 fully saturated rings. The van der Waals surface area contributed by atoms with Gasteiger partial charge in [0.15, 0.2) is 11.6 Å². The van der Waals surface area contributed by atoms with Gasteiger partial charge in [-0.05, 0) is 30.7 Å². The van der Waals surface area contributed by atoms with Crippen LogP contribution in [-0.4, -0.2) is 56.0 Å². The maximum Gasteiger partial charge on any atom is 0.228 e. The summed E-state index contributed by atoms with van der Waals surface area (Å²) in [5.74, 6) is 1.13. The van der Waals surface area contributed by atoms with Gasteiger partial charge in [0, 0.05) is 48.4 Å². The molecule has 0 amide bonds. The zero-order valence-electron chi connectivity index (χ0n) is 18.6. The van der Waals surface area contributed by atoms with Gasteiger partial charge in [0.05, 0.1) is 37.3 Å². The molecule has 9 nitrogen and oxygen atoms in total. The van der Waals surface area contributed by atoms with Crippen molar-refractivity contribution in [2.75, 3.05) is 18.5 Å². The summed E-state index contributed by atoms with van der Waals surface area (Å²) in [7, 11) is 0. The van der Waals surface area contributed by atoms with Gasteiger partial charge in [0.25, 0.3) is 0 Å². The van der Waals surface area contributed by atoms with Crippen LogP contribution in [0.4, 0.5) is 16.2 Å². The summed E-state index contributed by atoms with van der Waals surface area (Å²) in [6, 6.07) is 8.66. The first-order chi connectivity index (χ1) is 16.6. The number of aromatic nitrogens is 5. The fraction of sp³-hybridized carbons (Fsp3) is 0.333. The Morgan fingerprint density at radius 3 is 2.68 bits per heavy atom. The number of fused-ring (bicyclic) bond motifs is 3. The van der Waals surface area contributed by atoms with Crippen molar-refractivity contribution in [2.24, 2.45) is 0 Å². The zero-order valence-corrected chi connectivity index (χ0v) is 18.6. The number of piperidine rings is 1. The smallest absolute Gasteiger partial charge is 0.228 e. The minimum absolute atomic E-state index is 0.119. The Kier molecular flexibility index (Phi) is 5.31. The van der Waals surface area contributed by atoms with Crippen molar-refractivity contribution in [2.45, 2.75) is 38.0 Å². The Hall–Kier alpha value is -3.63. The standard InChI is InChI=1S/C24H24FN7O2/c1-14-4-21(22(11-26-14)34-20-6-17-12-33-13-18(7-20)29-17)15-2-3-32-19(5-15)8-23(31-32)30-24-27-9-16(25)10-28-24/h2-5,8-11,17-18,20,29H,6-7,12-13H2,1H3,(H,27,28,30,31)/t17-,18+,20?. The molecule has 6 heterocycles. The number of aryl methyl sites for hydroxylation is 1. The molecule has 2 bridgehead atoms. The van der Waals surface area contributed by atoms with Gasteiger partial charge in [-0.25, -0.2) is 18.9 Å². The topological polar surface area (TPSA) is 98.5 Å². The van der Waals surface area contributed by atoms with Crippen molar-refractivity contribution in [1.82, 2.24) is 29.9 Å². The average Bonchev–Trinajstić information content (AvgIpc) is 3.23. The number of halogens is 1. The quantitative estimate of drug-likeness (QED) is 0.467. The first kappa shape index (κ1) is 20.9. The third kappa shape index (κ3) is 4.29. The van der Waals surface area contributed by atoms with E-state index in [0.29, 0.717) is 17.9 Å². The van der Waals surface area contributed by atoms with Crippen molar-refractivity contribution in [3.05, 3.63) is 60.6 Å². The van der Waals surface area contributed by atoms with Crippen molar-refractivity contribution in [1.29, 1.82) is 0 Å². The molecule has 0 aliphatic carbocycles. The van der Waals surface area contributed by atoms with E-state index in [1.807, 2.05) is 37.5 Å². The molecule has 2 aliphatic rings. The van der Waals surface area contributed by atoms with E-state index in [4.69, 9.17) is 9.47 Å². The average molecular weight is 462 g/mol. The number of hydrogen-bond donors (Lipinski definition) is 2. The van der Waals surface area contributed by atoms with Crippen molar-refractivity contribution in [3.8, 4) is 16.9 Å². The third-order valence-electron chi connectivity index (χ3n) is 6.14. The van der Waals surface area contributed by atoms with Crippen LogP contribution in [0.15, 0.2) is 49.1 Å². The second kappa shape index (κ2) is 8.62. The van der Waals surface area contributed by atoms with Crippen molar-refractivity contribution in [3.63, 3.8) is 0 Å². The van der Waals surface area contributed by atoms with Gasteiger partial charge in [0.1, 0.15) is 11.9 Å². The zero-order chi connectivity index (χ0) is 23.1. The first-order valence-electron chi connectivity index (χ1n) is 11.3. The van der Waals surface area contributed by atoms with Crippen LogP contribution < -0.4 is 15.4 Å². The summed E-state index contributed by atoms with van der Waals surface area (Å²) in [6.07, 6.45) is 7.87. The van der Waals surface area contributed by atoms with Crippen molar-refractivity contribution < 1.29 is 13.9 Å². The van der Waals surface area contributed by atoms with E-state index in [0.717, 1.165) is 66.5 Å². The lowest BCUT2D eigenvalue weighted by molar-refractivity contribution is -0.0122. The van der Waals surface area contributed by atoms with Gasteiger partial charge in [-0.1, -0.05) is 0 Å². The largest absolute Gasteiger partial charge is 0.488 e. The van der Waals surface area contributed by atoms with E-state index < -0.39 is 5.82 Å². The maximum atomic E-state index is 13.1. The van der Waals surface area contributed by atoms with E-state index in [9.17, 15) is 4.39 Å². The summed E-state index contributed by atoms with van der Waals surface area (Å²) in [5, 5.41) is 11.1. The molecular formula is C24H24FN7O2. The molecule has 2 N–H and O–H groups in total. The molecule has 0 saturated carbocycles. The van der Waals surface area contributed by atoms with Crippen molar-refractivity contribution >= 4 is 17.3 Å². The minimum atomic E-state index is -0.489. The number of nitrogens with one attached hydrogen (secondary N) is 2. The normalized spacial score (nSPS) is 22.0. The summed E-state index contributed by atoms with van der Waals surface area (Å²) in [6.45, 7) is 3.43. The van der Waals surface area contributed by atoms with Gasteiger partial charge >= 0.3 is 0 Å². The fourth-order valence-electron chi connectivity index (χ4n) is 4.64. The second-order valence-electron chi connectivity index (χ2n) is 8.80. The Labute approximate surface area is 195 Å². The number of anilines is 2. The van der Waals surface area contributed by atoms with Gasteiger partial charge in [-0.3, -0.25) is 4.98 Å².